The van der Waals surface area contributed by atoms with Gasteiger partial charge in [-0.3, -0.25) is 0 Å². The average molecular weight is 351 g/mol. The first kappa shape index (κ1) is 16.9. The van der Waals surface area contributed by atoms with E-state index in [1.807, 2.05) is 55.5 Å². The van der Waals surface area contributed by atoms with E-state index in [0.29, 0.717) is 29.2 Å². The molecular formula is C18H26NO4P. The molecule has 6 heteroatoms. The van der Waals surface area contributed by atoms with E-state index in [-0.39, 0.29) is 0 Å². The van der Waals surface area contributed by atoms with Crippen molar-refractivity contribution < 1.29 is 23.4 Å². The van der Waals surface area contributed by atoms with Crippen molar-refractivity contribution in [2.24, 2.45) is 0 Å². The number of rotatable bonds is 3. The molecule has 2 aliphatic heterocycles. The van der Waals surface area contributed by atoms with E-state index in [1.54, 1.807) is 0 Å². The summed E-state index contributed by atoms with van der Waals surface area (Å²) in [5.74, 6) is 2.74. The molecule has 0 fully saturated rings. The number of hydrogen-bond acceptors (Lipinski definition) is 4. The molecular weight excluding hydrogens is 325 g/mol. The molecule has 24 heavy (non-hydrogen) atoms. The van der Waals surface area contributed by atoms with Crippen molar-refractivity contribution >= 4 is 7.51 Å². The Balaban J connectivity index is 0.000000300. The third-order valence-corrected chi connectivity index (χ3v) is 7.69. The van der Waals surface area contributed by atoms with Crippen LogP contribution in [0.25, 0.3) is 0 Å². The molecule has 0 aromatic heterocycles. The monoisotopic (exact) mass is 351 g/mol. The number of nitrogens with two attached hydrogens (primary N) is 1. The van der Waals surface area contributed by atoms with Crippen molar-refractivity contribution in [3.63, 3.8) is 0 Å². The maximum absolute atomic E-state index is 6.06. The second-order valence-corrected chi connectivity index (χ2v) is 9.52. The molecule has 2 heterocycles. The number of para-hydroxylation sites is 4. The average Bonchev–Trinajstić information content (AvgIpc) is 3.11. The Bertz CT molecular complexity index is 607. The summed E-state index contributed by atoms with van der Waals surface area (Å²) in [6, 6.07) is 15.1. The zero-order valence-electron chi connectivity index (χ0n) is 14.5. The molecule has 4 rings (SSSR count). The number of quaternary nitrogens is 1. The Labute approximate surface area is 143 Å². The summed E-state index contributed by atoms with van der Waals surface area (Å²) in [7, 11) is -3.87. The SMILES string of the molecule is CC[NH2+]CC.CC[PH-]12(Oc3ccccc3O1)Oc1ccccc1O2. The van der Waals surface area contributed by atoms with Gasteiger partial charge >= 0.3 is 110 Å². The van der Waals surface area contributed by atoms with Crippen LogP contribution in [0.2, 0.25) is 0 Å². The van der Waals surface area contributed by atoms with E-state index in [4.69, 9.17) is 18.1 Å². The van der Waals surface area contributed by atoms with Gasteiger partial charge in [0.25, 0.3) is 0 Å². The van der Waals surface area contributed by atoms with Gasteiger partial charge in [-0.15, -0.1) is 0 Å². The minimum atomic E-state index is -3.87. The zero-order valence-corrected chi connectivity index (χ0v) is 15.5. The van der Waals surface area contributed by atoms with Gasteiger partial charge in [-0.2, -0.15) is 0 Å². The number of benzene rings is 2. The summed E-state index contributed by atoms with van der Waals surface area (Å²) in [4.78, 5) is 0. The molecule has 2 aromatic rings. The summed E-state index contributed by atoms with van der Waals surface area (Å²) >= 11 is 0. The van der Waals surface area contributed by atoms with E-state index >= 15 is 0 Å². The molecule has 2 aliphatic rings. The summed E-state index contributed by atoms with van der Waals surface area (Å²) in [5, 5.41) is 2.25. The number of hydrogen-bond donors (Lipinski definition) is 1. The first-order valence-corrected chi connectivity index (χ1v) is 10.9. The molecule has 0 radical (unpaired) electrons. The van der Waals surface area contributed by atoms with Crippen LogP contribution in [0.3, 0.4) is 0 Å². The van der Waals surface area contributed by atoms with Gasteiger partial charge in [0.2, 0.25) is 0 Å². The molecule has 0 saturated heterocycles. The molecule has 5 nitrogen and oxygen atoms in total. The van der Waals surface area contributed by atoms with Crippen LogP contribution < -0.4 is 23.4 Å². The Morgan fingerprint density at radius 1 is 0.667 bits per heavy atom. The van der Waals surface area contributed by atoms with Gasteiger partial charge < -0.3 is 5.32 Å². The third kappa shape index (κ3) is 2.90. The van der Waals surface area contributed by atoms with Crippen molar-refractivity contribution in [2.75, 3.05) is 19.3 Å². The molecule has 0 saturated carbocycles. The topological polar surface area (TPSA) is 53.5 Å². The quantitative estimate of drug-likeness (QED) is 0.860. The van der Waals surface area contributed by atoms with Crippen molar-refractivity contribution in [3.05, 3.63) is 48.5 Å². The van der Waals surface area contributed by atoms with Gasteiger partial charge in [-0.05, 0) is 13.8 Å². The van der Waals surface area contributed by atoms with Crippen molar-refractivity contribution in [1.29, 1.82) is 0 Å². The van der Waals surface area contributed by atoms with Gasteiger partial charge in [0.15, 0.2) is 0 Å². The van der Waals surface area contributed by atoms with Crippen LogP contribution in [0.1, 0.15) is 20.8 Å². The first-order valence-electron chi connectivity index (χ1n) is 8.58. The predicted octanol–water partition coefficient (Wildman–Crippen LogP) is 3.48. The molecule has 0 amide bonds. The van der Waals surface area contributed by atoms with E-state index < -0.39 is 7.51 Å². The molecule has 2 aromatic carbocycles. The molecule has 0 unspecified atom stereocenters. The Morgan fingerprint density at radius 3 is 1.21 bits per heavy atom. The van der Waals surface area contributed by atoms with Crippen LogP contribution in [0.4, 0.5) is 0 Å². The van der Waals surface area contributed by atoms with Gasteiger partial charge in [0, 0.05) is 0 Å². The van der Waals surface area contributed by atoms with Gasteiger partial charge in [-0.1, -0.05) is 0 Å². The second-order valence-electron chi connectivity index (χ2n) is 5.84. The molecule has 1 spiro atoms. The van der Waals surface area contributed by atoms with Crippen molar-refractivity contribution in [3.8, 4) is 23.0 Å². The number of fused-ring (bicyclic) bond motifs is 2. The van der Waals surface area contributed by atoms with E-state index in [2.05, 4.69) is 19.2 Å². The van der Waals surface area contributed by atoms with Crippen molar-refractivity contribution in [1.82, 2.24) is 0 Å². The summed E-state index contributed by atoms with van der Waals surface area (Å²) in [6.45, 7) is 8.71. The third-order valence-electron chi connectivity index (χ3n) is 4.08. The normalized spacial score (nSPS) is 19.0. The molecule has 2 N–H and O–H groups in total. The Morgan fingerprint density at radius 2 is 1.00 bits per heavy atom. The molecule has 132 valence electrons. The standard InChI is InChI=1S/C14H14O4P.C4H11N/c1-2-19(15-11-7-3-4-8-12(11)16-19)17-13-9-5-6-10-14(13)18-19;1-3-5-4-2/h3-10,19H,2H2,1H3;5H,3-4H2,1-2H3/q-1;/p+1. The van der Waals surface area contributed by atoms with E-state index in [1.165, 1.54) is 13.1 Å². The molecule has 0 aliphatic carbocycles. The fraction of sp³-hybridized carbons (Fsp3) is 0.333. The van der Waals surface area contributed by atoms with Crippen LogP contribution >= 0.6 is 7.51 Å². The van der Waals surface area contributed by atoms with Crippen LogP contribution in [0.5, 0.6) is 23.0 Å². The van der Waals surface area contributed by atoms with Gasteiger partial charge in [0.1, 0.15) is 0 Å². The van der Waals surface area contributed by atoms with Crippen LogP contribution in [-0.4, -0.2) is 19.3 Å². The predicted molar refractivity (Wildman–Crippen MR) is 97.3 cm³/mol. The summed E-state index contributed by atoms with van der Waals surface area (Å²) < 4.78 is 24.2. The zero-order chi connectivity index (χ0) is 17.1. The van der Waals surface area contributed by atoms with Crippen LogP contribution in [0, 0.1) is 0 Å². The van der Waals surface area contributed by atoms with E-state index in [0.717, 1.165) is 0 Å². The molecule has 0 bridgehead atoms. The maximum atomic E-state index is 6.06. The first-order chi connectivity index (χ1) is 11.6. The van der Waals surface area contributed by atoms with Crippen molar-refractivity contribution in [2.45, 2.75) is 20.8 Å². The second kappa shape index (κ2) is 6.50. The molecule has 0 atom stereocenters. The Hall–Kier alpha value is -1.97. The minimum absolute atomic E-state index is 0.545. The van der Waals surface area contributed by atoms with Crippen LogP contribution in [-0.2, 0) is 0 Å². The summed E-state index contributed by atoms with van der Waals surface area (Å²) in [5.41, 5.74) is 0. The fourth-order valence-corrected chi connectivity index (χ4v) is 5.99. The van der Waals surface area contributed by atoms with Gasteiger partial charge in [-0.25, -0.2) is 0 Å². The summed E-state index contributed by atoms with van der Waals surface area (Å²) in [6.07, 6.45) is 0.545. The van der Waals surface area contributed by atoms with Crippen LogP contribution in [0.15, 0.2) is 48.5 Å². The van der Waals surface area contributed by atoms with Gasteiger partial charge in [0.05, 0.1) is 13.1 Å². The van der Waals surface area contributed by atoms with E-state index in [9.17, 15) is 0 Å². The fourth-order valence-electron chi connectivity index (χ4n) is 2.79. The Kier molecular flexibility index (Phi) is 4.57.